The van der Waals surface area contributed by atoms with Gasteiger partial charge in [-0.05, 0) is 49.6 Å². The molecule has 8 heteroatoms. The van der Waals surface area contributed by atoms with Crippen molar-refractivity contribution in [2.45, 2.75) is 45.2 Å². The van der Waals surface area contributed by atoms with Gasteiger partial charge in [0.2, 0.25) is 5.91 Å². The van der Waals surface area contributed by atoms with Gasteiger partial charge in [0.05, 0.1) is 17.4 Å². The number of anilines is 2. The van der Waals surface area contributed by atoms with Crippen LogP contribution in [0.15, 0.2) is 66.4 Å². The number of carbonyl (C=O) groups excluding carboxylic acids is 2. The van der Waals surface area contributed by atoms with E-state index in [1.807, 2.05) is 43.4 Å². The lowest BCUT2D eigenvalue weighted by atomic mass is 9.98. The van der Waals surface area contributed by atoms with Gasteiger partial charge in [0.15, 0.2) is 11.6 Å². The van der Waals surface area contributed by atoms with E-state index in [9.17, 15) is 18.4 Å². The first-order valence-corrected chi connectivity index (χ1v) is 12.0. The number of hydrogen-bond donors (Lipinski definition) is 1. The first kappa shape index (κ1) is 23.8. The molecular formula is C28H27F2N3O3. The number of amides is 2. The molecule has 0 spiro atoms. The number of nitrogens with one attached hydrogen (secondary N) is 1. The molecule has 1 N–H and O–H groups in total. The van der Waals surface area contributed by atoms with E-state index in [4.69, 9.17) is 4.74 Å². The highest BCUT2D eigenvalue weighted by molar-refractivity contribution is 6.03. The van der Waals surface area contributed by atoms with Crippen LogP contribution in [0.25, 0.3) is 5.57 Å². The Labute approximate surface area is 208 Å². The quantitative estimate of drug-likeness (QED) is 0.596. The van der Waals surface area contributed by atoms with E-state index < -0.39 is 23.5 Å². The molecule has 1 atom stereocenters. The van der Waals surface area contributed by atoms with Gasteiger partial charge in [0, 0.05) is 43.3 Å². The molecule has 0 aromatic heterocycles. The summed E-state index contributed by atoms with van der Waals surface area (Å²) in [5.41, 5.74) is 3.96. The Bertz CT molecular complexity index is 1310. The number of fused-ring (bicyclic) bond motifs is 1. The molecule has 5 rings (SSSR count). The molecule has 1 aliphatic heterocycles. The summed E-state index contributed by atoms with van der Waals surface area (Å²) in [5, 5.41) is 3.60. The van der Waals surface area contributed by atoms with Crippen LogP contribution in [0.3, 0.4) is 0 Å². The Morgan fingerprint density at radius 1 is 1.06 bits per heavy atom. The van der Waals surface area contributed by atoms with Crippen molar-refractivity contribution in [2.24, 2.45) is 0 Å². The summed E-state index contributed by atoms with van der Waals surface area (Å²) in [6.07, 6.45) is 10.2. The standard InChI is InChI=1S/C28H27F2N3O3/c1-17-16-32(28(35)36-27-15-20(29)9-12-23(27)30)26-14-19(8-13-25(26)33(17)18(2)34)22-6-4-3-5-7-24(22)31-21-10-11-21/h3-6,8-9,12-15,17,21,31H,7,10-11,16H2,1-2H3/t17-/m0/s1. The fourth-order valence-electron chi connectivity index (χ4n) is 4.66. The average molecular weight is 492 g/mol. The van der Waals surface area contributed by atoms with Crippen LogP contribution in [0.1, 0.15) is 38.7 Å². The minimum Gasteiger partial charge on any atom is -0.407 e. The highest BCUT2D eigenvalue weighted by Gasteiger charge is 2.35. The second kappa shape index (κ2) is 9.60. The molecule has 6 nitrogen and oxygen atoms in total. The van der Waals surface area contributed by atoms with Crippen molar-refractivity contribution in [3.8, 4) is 5.75 Å². The summed E-state index contributed by atoms with van der Waals surface area (Å²) in [4.78, 5) is 28.7. The molecule has 1 heterocycles. The summed E-state index contributed by atoms with van der Waals surface area (Å²) in [6.45, 7) is 3.43. The van der Waals surface area contributed by atoms with Gasteiger partial charge in [-0.25, -0.2) is 13.6 Å². The van der Waals surface area contributed by atoms with Gasteiger partial charge in [0.25, 0.3) is 0 Å². The summed E-state index contributed by atoms with van der Waals surface area (Å²) < 4.78 is 33.1. The third-order valence-electron chi connectivity index (χ3n) is 6.49. The zero-order chi connectivity index (χ0) is 25.4. The number of rotatable bonds is 4. The van der Waals surface area contributed by atoms with E-state index in [-0.39, 0.29) is 18.5 Å². The van der Waals surface area contributed by atoms with Crippen molar-refractivity contribution in [1.29, 1.82) is 0 Å². The second-order valence-corrected chi connectivity index (χ2v) is 9.30. The molecule has 2 amide bonds. The van der Waals surface area contributed by atoms with Crippen LogP contribution in [0.4, 0.5) is 25.0 Å². The Kier molecular flexibility index (Phi) is 6.35. The van der Waals surface area contributed by atoms with Crippen LogP contribution in [0.5, 0.6) is 5.75 Å². The van der Waals surface area contributed by atoms with E-state index >= 15 is 0 Å². The highest BCUT2D eigenvalue weighted by Crippen LogP contribution is 2.39. The predicted octanol–water partition coefficient (Wildman–Crippen LogP) is 5.70. The van der Waals surface area contributed by atoms with Crippen LogP contribution in [0.2, 0.25) is 0 Å². The zero-order valence-corrected chi connectivity index (χ0v) is 20.1. The van der Waals surface area contributed by atoms with Crippen LogP contribution in [-0.2, 0) is 4.79 Å². The van der Waals surface area contributed by atoms with E-state index in [1.165, 1.54) is 11.8 Å². The molecule has 1 saturated carbocycles. The normalized spacial score (nSPS) is 19.2. The Morgan fingerprint density at radius 3 is 2.61 bits per heavy atom. The third kappa shape index (κ3) is 4.76. The minimum absolute atomic E-state index is 0.134. The van der Waals surface area contributed by atoms with Crippen molar-refractivity contribution in [3.63, 3.8) is 0 Å². The third-order valence-corrected chi connectivity index (χ3v) is 6.49. The maximum Gasteiger partial charge on any atom is 0.419 e. The minimum atomic E-state index is -0.851. The van der Waals surface area contributed by atoms with Gasteiger partial charge in [-0.3, -0.25) is 9.69 Å². The summed E-state index contributed by atoms with van der Waals surface area (Å²) >= 11 is 0. The monoisotopic (exact) mass is 491 g/mol. The van der Waals surface area contributed by atoms with Crippen molar-refractivity contribution in [3.05, 3.63) is 83.6 Å². The smallest absolute Gasteiger partial charge is 0.407 e. The van der Waals surface area contributed by atoms with Gasteiger partial charge in [-0.15, -0.1) is 0 Å². The SMILES string of the molecule is CC(=O)N1c2ccc(C3=C(NC4CC4)CC=CC=C3)cc2N(C(=O)Oc2cc(F)ccc2F)C[C@@H]1C. The van der Waals surface area contributed by atoms with Crippen molar-refractivity contribution in [2.75, 3.05) is 16.3 Å². The first-order chi connectivity index (χ1) is 17.3. The lowest BCUT2D eigenvalue weighted by Crippen LogP contribution is -2.52. The van der Waals surface area contributed by atoms with E-state index in [1.54, 1.807) is 4.90 Å². The topological polar surface area (TPSA) is 61.9 Å². The Morgan fingerprint density at radius 2 is 1.86 bits per heavy atom. The molecule has 0 radical (unpaired) electrons. The zero-order valence-electron chi connectivity index (χ0n) is 20.1. The van der Waals surface area contributed by atoms with Gasteiger partial charge in [0.1, 0.15) is 5.82 Å². The van der Waals surface area contributed by atoms with Crippen LogP contribution in [0, 0.1) is 11.6 Å². The number of benzene rings is 2. The molecule has 0 saturated heterocycles. The lowest BCUT2D eigenvalue weighted by Gasteiger charge is -2.40. The molecule has 0 bridgehead atoms. The highest BCUT2D eigenvalue weighted by atomic mass is 19.1. The molecule has 3 aliphatic rings. The number of hydrogen-bond acceptors (Lipinski definition) is 4. The van der Waals surface area contributed by atoms with Gasteiger partial charge >= 0.3 is 6.09 Å². The molecule has 1 fully saturated rings. The van der Waals surface area contributed by atoms with Crippen molar-refractivity contribution >= 4 is 28.9 Å². The van der Waals surface area contributed by atoms with Crippen molar-refractivity contribution < 1.29 is 23.1 Å². The number of carbonyl (C=O) groups is 2. The molecular weight excluding hydrogens is 464 g/mol. The summed E-state index contributed by atoms with van der Waals surface area (Å²) in [7, 11) is 0. The maximum atomic E-state index is 14.2. The molecule has 0 unspecified atom stereocenters. The van der Waals surface area contributed by atoms with Crippen LogP contribution < -0.4 is 19.9 Å². The summed E-state index contributed by atoms with van der Waals surface area (Å²) in [6, 6.07) is 8.42. The average Bonchev–Trinajstić information content (AvgIpc) is 3.68. The molecule has 2 aromatic rings. The molecule has 2 aromatic carbocycles. The Hall–Kier alpha value is -3.94. The first-order valence-electron chi connectivity index (χ1n) is 12.0. The van der Waals surface area contributed by atoms with Crippen LogP contribution in [-0.4, -0.2) is 30.6 Å². The van der Waals surface area contributed by atoms with E-state index in [0.29, 0.717) is 17.4 Å². The molecule has 36 heavy (non-hydrogen) atoms. The maximum absolute atomic E-state index is 14.2. The van der Waals surface area contributed by atoms with Crippen LogP contribution >= 0.6 is 0 Å². The fraction of sp³-hybridized carbons (Fsp3) is 0.286. The predicted molar refractivity (Wildman–Crippen MR) is 135 cm³/mol. The van der Waals surface area contributed by atoms with Gasteiger partial charge in [-0.1, -0.05) is 30.4 Å². The largest absolute Gasteiger partial charge is 0.419 e. The Balaban J connectivity index is 1.56. The molecule has 186 valence electrons. The summed E-state index contributed by atoms with van der Waals surface area (Å²) in [5.74, 6) is -2.20. The number of allylic oxidation sites excluding steroid dienone is 5. The second-order valence-electron chi connectivity index (χ2n) is 9.30. The van der Waals surface area contributed by atoms with Gasteiger partial charge in [-0.2, -0.15) is 0 Å². The molecule has 2 aliphatic carbocycles. The number of ether oxygens (including phenoxy) is 1. The van der Waals surface area contributed by atoms with Gasteiger partial charge < -0.3 is 15.0 Å². The van der Waals surface area contributed by atoms with Crippen molar-refractivity contribution in [1.82, 2.24) is 5.32 Å². The fourth-order valence-corrected chi connectivity index (χ4v) is 4.66. The van der Waals surface area contributed by atoms with E-state index in [0.717, 1.165) is 54.3 Å². The lowest BCUT2D eigenvalue weighted by molar-refractivity contribution is -0.117. The number of nitrogens with zero attached hydrogens (tertiary/aromatic N) is 2. The van der Waals surface area contributed by atoms with E-state index in [2.05, 4.69) is 11.4 Å². The number of halogens is 2.